The number of nitrogens with zero attached hydrogens (tertiary/aromatic N) is 2. The van der Waals surface area contributed by atoms with E-state index in [1.165, 1.54) is 46.3 Å². The third-order valence-electron chi connectivity index (χ3n) is 4.88. The van der Waals surface area contributed by atoms with E-state index in [4.69, 9.17) is 0 Å². The van der Waals surface area contributed by atoms with Crippen molar-refractivity contribution in [3.8, 4) is 5.75 Å². The number of carbonyl (C=O) groups excluding carboxylic acids is 1. The van der Waals surface area contributed by atoms with E-state index < -0.39 is 32.8 Å². The summed E-state index contributed by atoms with van der Waals surface area (Å²) in [5.41, 5.74) is 0.463. The van der Waals surface area contributed by atoms with Crippen LogP contribution >= 0.6 is 0 Å². The average Bonchev–Trinajstić information content (AvgIpc) is 3.21. The van der Waals surface area contributed by atoms with Crippen molar-refractivity contribution in [1.82, 2.24) is 4.90 Å². The number of amides is 1. The number of fused-ring (bicyclic) bond motifs is 1. The fourth-order valence-electron chi connectivity index (χ4n) is 3.55. The lowest BCUT2D eigenvalue weighted by Gasteiger charge is -2.30. The molecule has 10 heteroatoms. The fourth-order valence-corrected chi connectivity index (χ4v) is 5.09. The maximum absolute atomic E-state index is 13.1. The highest BCUT2D eigenvalue weighted by molar-refractivity contribution is 7.96. The van der Waals surface area contributed by atoms with Crippen LogP contribution in [-0.2, 0) is 14.6 Å². The second-order valence-electron chi connectivity index (χ2n) is 6.88. The Bertz CT molecular complexity index is 1120. The number of alkyl halides is 3. The zero-order chi connectivity index (χ0) is 21.5. The van der Waals surface area contributed by atoms with Crippen molar-refractivity contribution >= 4 is 27.1 Å². The number of hydrogen-bond acceptors (Lipinski definition) is 5. The Morgan fingerprint density at radius 3 is 2.40 bits per heavy atom. The van der Waals surface area contributed by atoms with E-state index in [0.717, 1.165) is 25.0 Å². The molecule has 0 unspecified atom stereocenters. The van der Waals surface area contributed by atoms with Crippen LogP contribution in [0.5, 0.6) is 5.75 Å². The molecular formula is C20H17F3N2O4S. The molecule has 6 nitrogen and oxygen atoms in total. The van der Waals surface area contributed by atoms with Crippen LogP contribution in [0, 0.1) is 0 Å². The van der Waals surface area contributed by atoms with Crippen molar-refractivity contribution in [2.75, 3.05) is 18.0 Å². The summed E-state index contributed by atoms with van der Waals surface area (Å²) >= 11 is 0. The van der Waals surface area contributed by atoms with Crippen LogP contribution in [0.3, 0.4) is 0 Å². The van der Waals surface area contributed by atoms with Crippen LogP contribution in [-0.4, -0.2) is 38.7 Å². The summed E-state index contributed by atoms with van der Waals surface area (Å²) in [5.74, 6) is -1.07. The van der Waals surface area contributed by atoms with Gasteiger partial charge in [-0.2, -0.15) is 0 Å². The fraction of sp³-hybridized carbons (Fsp3) is 0.250. The molecule has 2 aromatic rings. The van der Waals surface area contributed by atoms with E-state index in [1.807, 2.05) is 0 Å². The summed E-state index contributed by atoms with van der Waals surface area (Å²) in [6.45, 7) is 0.921. The molecule has 0 aliphatic carbocycles. The quantitative estimate of drug-likeness (QED) is 0.726. The Labute approximate surface area is 171 Å². The minimum absolute atomic E-state index is 0.0859. The average molecular weight is 438 g/mol. The summed E-state index contributed by atoms with van der Waals surface area (Å²) in [7, 11) is -4.08. The molecule has 0 N–H and O–H groups in total. The molecule has 1 fully saturated rings. The number of sulfone groups is 1. The van der Waals surface area contributed by atoms with E-state index >= 15 is 0 Å². The van der Waals surface area contributed by atoms with Gasteiger partial charge in [0.2, 0.25) is 9.84 Å². The molecule has 1 saturated heterocycles. The Morgan fingerprint density at radius 1 is 1.00 bits per heavy atom. The molecular weight excluding hydrogens is 421 g/mol. The molecule has 0 aromatic heterocycles. The van der Waals surface area contributed by atoms with E-state index in [9.17, 15) is 26.4 Å². The van der Waals surface area contributed by atoms with Crippen molar-refractivity contribution < 1.29 is 31.1 Å². The SMILES string of the molecule is O=C(C1=CN(c2cccc(OC(F)(F)F)c2)c2ccccc2S1(=O)=O)N1CCCC1. The normalized spacial score (nSPS) is 18.0. The Morgan fingerprint density at radius 2 is 1.70 bits per heavy atom. The Balaban J connectivity index is 1.83. The first-order valence-corrected chi connectivity index (χ1v) is 10.7. The molecule has 0 saturated carbocycles. The summed E-state index contributed by atoms with van der Waals surface area (Å²) in [5, 5.41) is 0. The van der Waals surface area contributed by atoms with Crippen LogP contribution in [0.15, 0.2) is 64.5 Å². The molecule has 2 aliphatic heterocycles. The van der Waals surface area contributed by atoms with Gasteiger partial charge < -0.3 is 14.5 Å². The van der Waals surface area contributed by atoms with Gasteiger partial charge in [0.25, 0.3) is 5.91 Å². The van der Waals surface area contributed by atoms with Crippen LogP contribution < -0.4 is 9.64 Å². The van der Waals surface area contributed by atoms with E-state index in [0.29, 0.717) is 13.1 Å². The van der Waals surface area contributed by atoms with Crippen molar-refractivity contribution in [3.63, 3.8) is 0 Å². The van der Waals surface area contributed by atoms with Crippen LogP contribution in [0.1, 0.15) is 12.8 Å². The smallest absolute Gasteiger partial charge is 0.406 e. The number of hydrogen-bond donors (Lipinski definition) is 0. The maximum Gasteiger partial charge on any atom is 0.573 e. The predicted octanol–water partition coefficient (Wildman–Crippen LogP) is 3.97. The highest BCUT2D eigenvalue weighted by Gasteiger charge is 2.38. The van der Waals surface area contributed by atoms with E-state index in [2.05, 4.69) is 4.74 Å². The van der Waals surface area contributed by atoms with Gasteiger partial charge in [-0.25, -0.2) is 8.42 Å². The van der Waals surface area contributed by atoms with Gasteiger partial charge in [-0.1, -0.05) is 18.2 Å². The lowest BCUT2D eigenvalue weighted by Crippen LogP contribution is -2.35. The van der Waals surface area contributed by atoms with Gasteiger partial charge in [0.05, 0.1) is 10.6 Å². The predicted molar refractivity (Wildman–Crippen MR) is 103 cm³/mol. The number of halogens is 3. The number of benzene rings is 2. The molecule has 2 heterocycles. The number of likely N-dealkylation sites (tertiary alicyclic amines) is 1. The number of anilines is 2. The third kappa shape index (κ3) is 3.74. The van der Waals surface area contributed by atoms with E-state index in [1.54, 1.807) is 6.07 Å². The summed E-state index contributed by atoms with van der Waals surface area (Å²) in [6.07, 6.45) is -2.12. The van der Waals surface area contributed by atoms with Crippen molar-refractivity contribution in [2.24, 2.45) is 0 Å². The van der Waals surface area contributed by atoms with Gasteiger partial charge in [0.1, 0.15) is 5.75 Å². The molecule has 1 amide bonds. The maximum atomic E-state index is 13.1. The van der Waals surface area contributed by atoms with Crippen molar-refractivity contribution in [1.29, 1.82) is 0 Å². The first-order chi connectivity index (χ1) is 14.2. The number of rotatable bonds is 3. The third-order valence-corrected chi connectivity index (χ3v) is 6.67. The molecule has 0 radical (unpaired) electrons. The minimum Gasteiger partial charge on any atom is -0.406 e. The number of ether oxygens (including phenoxy) is 1. The van der Waals surface area contributed by atoms with Crippen molar-refractivity contribution in [3.05, 3.63) is 59.6 Å². The van der Waals surface area contributed by atoms with Crippen LogP contribution in [0.25, 0.3) is 0 Å². The van der Waals surface area contributed by atoms with Crippen LogP contribution in [0.2, 0.25) is 0 Å². The molecule has 4 rings (SSSR count). The molecule has 0 bridgehead atoms. The second kappa shape index (κ2) is 7.35. The van der Waals surface area contributed by atoms with Gasteiger partial charge >= 0.3 is 6.36 Å². The molecule has 0 atom stereocenters. The summed E-state index contributed by atoms with van der Waals surface area (Å²) in [6, 6.07) is 11.2. The molecule has 2 aromatic carbocycles. The second-order valence-corrected chi connectivity index (χ2v) is 8.77. The highest BCUT2D eigenvalue weighted by atomic mass is 32.2. The summed E-state index contributed by atoms with van der Waals surface area (Å²) in [4.78, 5) is 15.3. The number of para-hydroxylation sites is 1. The molecule has 2 aliphatic rings. The molecule has 0 spiro atoms. The van der Waals surface area contributed by atoms with Gasteiger partial charge in [-0.05, 0) is 37.1 Å². The zero-order valence-electron chi connectivity index (χ0n) is 15.6. The Kier molecular flexibility index (Phi) is 4.97. The van der Waals surface area contributed by atoms with Gasteiger partial charge in [0, 0.05) is 31.0 Å². The van der Waals surface area contributed by atoms with Gasteiger partial charge in [-0.3, -0.25) is 4.79 Å². The van der Waals surface area contributed by atoms with Gasteiger partial charge in [-0.15, -0.1) is 13.2 Å². The monoisotopic (exact) mass is 438 g/mol. The van der Waals surface area contributed by atoms with Gasteiger partial charge in [0.15, 0.2) is 4.91 Å². The minimum atomic E-state index is -4.87. The standard InChI is InChI=1S/C20H17F3N2O4S/c21-20(22,23)29-15-7-5-6-14(12-15)25-13-18(19(26)24-10-3-4-11-24)30(27,28)17-9-2-1-8-16(17)25/h1-2,5-9,12-13H,3-4,10-11H2. The molecule has 158 valence electrons. The van der Waals surface area contributed by atoms with Crippen LogP contribution in [0.4, 0.5) is 24.5 Å². The summed E-state index contributed by atoms with van der Waals surface area (Å²) < 4.78 is 68.1. The Hall–Kier alpha value is -3.01. The van der Waals surface area contributed by atoms with E-state index in [-0.39, 0.29) is 16.3 Å². The lowest BCUT2D eigenvalue weighted by atomic mass is 10.2. The lowest BCUT2D eigenvalue weighted by molar-refractivity contribution is -0.274. The first-order valence-electron chi connectivity index (χ1n) is 9.17. The first kappa shape index (κ1) is 20.3. The topological polar surface area (TPSA) is 66.9 Å². The zero-order valence-corrected chi connectivity index (χ0v) is 16.4. The largest absolute Gasteiger partial charge is 0.573 e. The van der Waals surface area contributed by atoms with Crippen molar-refractivity contribution in [2.45, 2.75) is 24.1 Å². The highest BCUT2D eigenvalue weighted by Crippen LogP contribution is 2.41. The molecule has 30 heavy (non-hydrogen) atoms. The number of carbonyl (C=O) groups is 1.